The molecule has 0 atom stereocenters. The number of nitrogens with one attached hydrogen (secondary N) is 3. The largest absolute Gasteiger partial charge is 0.329 e. The third kappa shape index (κ3) is 6.37. The number of halogens is 2. The zero-order valence-corrected chi connectivity index (χ0v) is 16.7. The summed E-state index contributed by atoms with van der Waals surface area (Å²) in [5.74, 6) is -2.18. The van der Waals surface area contributed by atoms with Crippen molar-refractivity contribution in [1.82, 2.24) is 5.43 Å². The third-order valence-corrected chi connectivity index (χ3v) is 4.28. The lowest BCUT2D eigenvalue weighted by molar-refractivity contribution is -0.136. The molecule has 146 valence electrons. The average molecular weight is 421 g/mol. The van der Waals surface area contributed by atoms with Crippen molar-refractivity contribution in [3.63, 3.8) is 0 Å². The highest BCUT2D eigenvalue weighted by Crippen LogP contribution is 2.22. The average Bonchev–Trinajstić information content (AvgIpc) is 2.65. The van der Waals surface area contributed by atoms with Crippen LogP contribution < -0.4 is 16.1 Å². The number of hydrogen-bond donors (Lipinski definition) is 3. The van der Waals surface area contributed by atoms with Gasteiger partial charge in [-0.3, -0.25) is 14.4 Å². The van der Waals surface area contributed by atoms with Gasteiger partial charge in [0, 0.05) is 27.1 Å². The Labute approximate surface area is 172 Å². The number of hydrogen-bond acceptors (Lipinski definition) is 4. The minimum atomic E-state index is -0.961. The van der Waals surface area contributed by atoms with E-state index in [1.807, 2.05) is 0 Å². The van der Waals surface area contributed by atoms with Gasteiger partial charge in [0.15, 0.2) is 0 Å². The molecule has 28 heavy (non-hydrogen) atoms. The highest BCUT2D eigenvalue weighted by atomic mass is 35.5. The fraction of sp³-hybridized carbons (Fsp3) is 0.158. The van der Waals surface area contributed by atoms with Gasteiger partial charge in [0.05, 0.1) is 6.42 Å². The summed E-state index contributed by atoms with van der Waals surface area (Å²) in [5, 5.41) is 9.93. The Morgan fingerprint density at radius 3 is 2.32 bits per heavy atom. The molecule has 0 aromatic heterocycles. The van der Waals surface area contributed by atoms with E-state index in [2.05, 4.69) is 21.2 Å². The quantitative estimate of drug-likeness (QED) is 0.389. The molecule has 0 heterocycles. The summed E-state index contributed by atoms with van der Waals surface area (Å²) in [6.07, 6.45) is -0.0576. The number of anilines is 2. The van der Waals surface area contributed by atoms with E-state index in [0.717, 1.165) is 0 Å². The predicted octanol–water partition coefficient (Wildman–Crippen LogP) is 3.76. The van der Waals surface area contributed by atoms with E-state index < -0.39 is 11.8 Å². The Morgan fingerprint density at radius 2 is 1.64 bits per heavy atom. The first kappa shape index (κ1) is 21.4. The van der Waals surface area contributed by atoms with Crippen molar-refractivity contribution in [3.05, 3.63) is 58.1 Å². The summed E-state index contributed by atoms with van der Waals surface area (Å²) in [7, 11) is 0. The van der Waals surface area contributed by atoms with Gasteiger partial charge >= 0.3 is 11.8 Å². The van der Waals surface area contributed by atoms with Crippen molar-refractivity contribution in [2.75, 3.05) is 10.6 Å². The van der Waals surface area contributed by atoms with Gasteiger partial charge in [-0.1, -0.05) is 29.3 Å². The minimum absolute atomic E-state index is 0.0576. The molecule has 0 spiro atoms. The molecule has 2 aromatic carbocycles. The first-order valence-corrected chi connectivity index (χ1v) is 8.97. The highest BCUT2D eigenvalue weighted by molar-refractivity contribution is 6.40. The van der Waals surface area contributed by atoms with Crippen LogP contribution in [-0.4, -0.2) is 23.4 Å². The van der Waals surface area contributed by atoms with E-state index in [1.54, 1.807) is 56.3 Å². The standard InChI is InChI=1S/C19H18Cl2N4O3/c1-11(10-17(26)22-14-8-6-13(20)7-9-14)24-25-19(28)18(27)23-16-5-3-4-15(21)12(16)2/h3-9H,10H2,1-2H3,(H,22,26)(H,23,27)(H,25,28). The Bertz CT molecular complexity index is 927. The fourth-order valence-electron chi connectivity index (χ4n) is 2.13. The van der Waals surface area contributed by atoms with Crippen LogP contribution in [0.5, 0.6) is 0 Å². The van der Waals surface area contributed by atoms with Gasteiger partial charge in [0.25, 0.3) is 0 Å². The molecule has 7 nitrogen and oxygen atoms in total. The molecule has 9 heteroatoms. The summed E-state index contributed by atoms with van der Waals surface area (Å²) in [6.45, 7) is 3.28. The van der Waals surface area contributed by atoms with E-state index in [9.17, 15) is 14.4 Å². The molecule has 0 aliphatic rings. The molecular formula is C19H18Cl2N4O3. The normalized spacial score (nSPS) is 10.9. The zero-order valence-electron chi connectivity index (χ0n) is 15.2. The maximum absolute atomic E-state index is 12.0. The van der Waals surface area contributed by atoms with Crippen LogP contribution in [0.4, 0.5) is 11.4 Å². The smallest absolute Gasteiger partial charge is 0.326 e. The minimum Gasteiger partial charge on any atom is -0.326 e. The predicted molar refractivity (Wildman–Crippen MR) is 111 cm³/mol. The maximum Gasteiger partial charge on any atom is 0.329 e. The second-order valence-electron chi connectivity index (χ2n) is 5.89. The number of carbonyl (C=O) groups is 3. The Morgan fingerprint density at radius 1 is 0.964 bits per heavy atom. The monoisotopic (exact) mass is 420 g/mol. The molecule has 0 aliphatic carbocycles. The van der Waals surface area contributed by atoms with Crippen molar-refractivity contribution in [3.8, 4) is 0 Å². The molecule has 0 radical (unpaired) electrons. The van der Waals surface area contributed by atoms with E-state index >= 15 is 0 Å². The topological polar surface area (TPSA) is 99.7 Å². The lowest BCUT2D eigenvalue weighted by Crippen LogP contribution is -2.33. The molecule has 0 fully saturated rings. The number of nitrogens with zero attached hydrogens (tertiary/aromatic N) is 1. The second-order valence-corrected chi connectivity index (χ2v) is 6.73. The Balaban J connectivity index is 1.86. The number of carbonyl (C=O) groups excluding carboxylic acids is 3. The molecule has 3 N–H and O–H groups in total. The van der Waals surface area contributed by atoms with Crippen molar-refractivity contribution < 1.29 is 14.4 Å². The lowest BCUT2D eigenvalue weighted by atomic mass is 10.2. The Kier molecular flexibility index (Phi) is 7.54. The van der Waals surface area contributed by atoms with Crippen LogP contribution in [0.2, 0.25) is 10.0 Å². The van der Waals surface area contributed by atoms with Crippen LogP contribution in [0.1, 0.15) is 18.9 Å². The van der Waals surface area contributed by atoms with Gasteiger partial charge in [-0.05, 0) is 55.8 Å². The van der Waals surface area contributed by atoms with E-state index in [-0.39, 0.29) is 12.3 Å². The summed E-state index contributed by atoms with van der Waals surface area (Å²) in [4.78, 5) is 35.8. The highest BCUT2D eigenvalue weighted by Gasteiger charge is 2.15. The maximum atomic E-state index is 12.0. The van der Waals surface area contributed by atoms with E-state index in [0.29, 0.717) is 32.7 Å². The molecule has 2 aromatic rings. The van der Waals surface area contributed by atoms with Gasteiger partial charge in [0.2, 0.25) is 5.91 Å². The molecule has 0 unspecified atom stereocenters. The molecule has 0 saturated carbocycles. The number of amides is 3. The summed E-state index contributed by atoms with van der Waals surface area (Å²) in [5.41, 5.74) is 4.10. The molecule has 3 amide bonds. The summed E-state index contributed by atoms with van der Waals surface area (Å²) in [6, 6.07) is 11.6. The van der Waals surface area contributed by atoms with Gasteiger partial charge in [-0.2, -0.15) is 5.10 Å². The SMILES string of the molecule is CC(CC(=O)Nc1ccc(Cl)cc1)=NNC(=O)C(=O)Nc1cccc(Cl)c1C. The first-order chi connectivity index (χ1) is 13.3. The number of hydrazone groups is 1. The summed E-state index contributed by atoms with van der Waals surface area (Å²) >= 11 is 11.8. The molecule has 2 rings (SSSR count). The van der Waals surface area contributed by atoms with Crippen LogP contribution in [0.25, 0.3) is 0 Å². The second kappa shape index (κ2) is 9.87. The number of rotatable bonds is 5. The van der Waals surface area contributed by atoms with Crippen LogP contribution >= 0.6 is 23.2 Å². The van der Waals surface area contributed by atoms with Gasteiger partial charge < -0.3 is 10.6 Å². The molecule has 0 bridgehead atoms. The van der Waals surface area contributed by atoms with Crippen molar-refractivity contribution in [2.45, 2.75) is 20.3 Å². The zero-order chi connectivity index (χ0) is 20.7. The first-order valence-electron chi connectivity index (χ1n) is 8.21. The number of benzene rings is 2. The van der Waals surface area contributed by atoms with Gasteiger partial charge in [0.1, 0.15) is 0 Å². The van der Waals surface area contributed by atoms with Crippen LogP contribution in [0.15, 0.2) is 47.6 Å². The van der Waals surface area contributed by atoms with Crippen LogP contribution in [0.3, 0.4) is 0 Å². The third-order valence-electron chi connectivity index (χ3n) is 3.61. The molecular weight excluding hydrogens is 403 g/mol. The van der Waals surface area contributed by atoms with E-state index in [1.165, 1.54) is 0 Å². The molecule has 0 saturated heterocycles. The van der Waals surface area contributed by atoms with Gasteiger partial charge in [-0.15, -0.1) is 0 Å². The summed E-state index contributed by atoms with van der Waals surface area (Å²) < 4.78 is 0. The van der Waals surface area contributed by atoms with Crippen molar-refractivity contribution in [1.29, 1.82) is 0 Å². The van der Waals surface area contributed by atoms with Crippen LogP contribution in [-0.2, 0) is 14.4 Å². The molecule has 0 aliphatic heterocycles. The van der Waals surface area contributed by atoms with E-state index in [4.69, 9.17) is 23.2 Å². The van der Waals surface area contributed by atoms with Gasteiger partial charge in [-0.25, -0.2) is 5.43 Å². The Hall–Kier alpha value is -2.90. The van der Waals surface area contributed by atoms with Crippen LogP contribution in [0, 0.1) is 6.92 Å². The van der Waals surface area contributed by atoms with Crippen molar-refractivity contribution in [2.24, 2.45) is 5.10 Å². The van der Waals surface area contributed by atoms with Crippen molar-refractivity contribution >= 4 is 58.0 Å². The fourth-order valence-corrected chi connectivity index (χ4v) is 2.43. The lowest BCUT2D eigenvalue weighted by Gasteiger charge is -2.09.